The summed E-state index contributed by atoms with van der Waals surface area (Å²) in [4.78, 5) is 40.6. The Labute approximate surface area is 236 Å². The lowest BCUT2D eigenvalue weighted by Crippen LogP contribution is -2.45. The zero-order chi connectivity index (χ0) is 28.6. The first-order valence-electron chi connectivity index (χ1n) is 14.0. The first kappa shape index (κ1) is 28.3. The number of carbonyl (C=O) groups is 2. The van der Waals surface area contributed by atoms with Crippen molar-refractivity contribution in [3.63, 3.8) is 0 Å². The van der Waals surface area contributed by atoms with Gasteiger partial charge in [0.05, 0.1) is 23.2 Å². The molecule has 5 rings (SSSR count). The highest BCUT2D eigenvalue weighted by Gasteiger charge is 2.42. The maximum Gasteiger partial charge on any atom is 0.257 e. The maximum atomic E-state index is 13.6. The third-order valence-corrected chi connectivity index (χ3v) is 9.10. The standard InChI is InChI=1S/C28H39N7O4S/c1-18-26(19(2)31-28(30-18)33-11-9-23(10-12-33)32-40(3,38)39)27(37)35-16-21-14-34(15-22(21)17-35)24-6-4-5-20(13-24)7-8-25(29)36/h4-6,13,21-23,32H,7-12,14-17H2,1-3H3,(H2,29,36). The van der Waals surface area contributed by atoms with Crippen LogP contribution in [-0.4, -0.2) is 86.7 Å². The van der Waals surface area contributed by atoms with E-state index in [-0.39, 0.29) is 17.9 Å². The SMILES string of the molecule is Cc1nc(N2CCC(NS(C)(=O)=O)CC2)nc(C)c1C(=O)N1CC2CN(c3cccc(CCC(N)=O)c3)CC2C1. The predicted octanol–water partition coefficient (Wildman–Crippen LogP) is 1.24. The maximum absolute atomic E-state index is 13.6. The second kappa shape index (κ2) is 11.3. The van der Waals surface area contributed by atoms with Crippen LogP contribution in [0.2, 0.25) is 0 Å². The molecule has 216 valence electrons. The number of amides is 2. The fourth-order valence-corrected chi connectivity index (χ4v) is 7.19. The molecule has 0 bridgehead atoms. The van der Waals surface area contributed by atoms with Crippen molar-refractivity contribution in [2.45, 2.75) is 45.6 Å². The number of nitrogens with two attached hydrogens (primary N) is 1. The number of rotatable bonds is 8. The van der Waals surface area contributed by atoms with Gasteiger partial charge in [0.2, 0.25) is 21.9 Å². The molecule has 40 heavy (non-hydrogen) atoms. The molecule has 3 aliphatic rings. The average molecular weight is 570 g/mol. The van der Waals surface area contributed by atoms with Crippen LogP contribution in [0.25, 0.3) is 0 Å². The topological polar surface area (TPSA) is 142 Å². The highest BCUT2D eigenvalue weighted by Crippen LogP contribution is 2.35. The van der Waals surface area contributed by atoms with Crippen molar-refractivity contribution in [3.05, 3.63) is 46.8 Å². The summed E-state index contributed by atoms with van der Waals surface area (Å²) in [5.74, 6) is 1.10. The van der Waals surface area contributed by atoms with E-state index in [0.717, 1.165) is 24.3 Å². The third-order valence-electron chi connectivity index (χ3n) is 8.34. The number of anilines is 2. The van der Waals surface area contributed by atoms with Gasteiger partial charge in [0.25, 0.3) is 5.91 Å². The Kier molecular flexibility index (Phi) is 8.01. The number of hydrogen-bond acceptors (Lipinski definition) is 8. The second-order valence-electron chi connectivity index (χ2n) is 11.5. The molecule has 1 aromatic heterocycles. The Morgan fingerprint density at radius 1 is 1.00 bits per heavy atom. The van der Waals surface area contributed by atoms with Crippen molar-refractivity contribution >= 4 is 33.5 Å². The molecule has 12 heteroatoms. The van der Waals surface area contributed by atoms with Crippen LogP contribution >= 0.6 is 0 Å². The number of likely N-dealkylation sites (tertiary alicyclic amines) is 1. The number of primary amides is 1. The first-order chi connectivity index (χ1) is 19.0. The van der Waals surface area contributed by atoms with Crippen LogP contribution < -0.4 is 20.3 Å². The number of hydrogen-bond donors (Lipinski definition) is 2. The molecule has 2 aromatic rings. The lowest BCUT2D eigenvalue weighted by atomic mass is 10.0. The Bertz CT molecular complexity index is 1350. The number of nitrogens with one attached hydrogen (secondary N) is 1. The fourth-order valence-electron chi connectivity index (χ4n) is 6.35. The summed E-state index contributed by atoms with van der Waals surface area (Å²) in [5, 5.41) is 0. The highest BCUT2D eigenvalue weighted by molar-refractivity contribution is 7.88. The molecule has 3 N–H and O–H groups in total. The van der Waals surface area contributed by atoms with Crippen LogP contribution in [0.15, 0.2) is 24.3 Å². The normalized spacial score (nSPS) is 21.6. The number of piperidine rings is 1. The molecule has 2 unspecified atom stereocenters. The number of benzene rings is 1. The molecule has 4 heterocycles. The summed E-state index contributed by atoms with van der Waals surface area (Å²) < 4.78 is 25.8. The Balaban J connectivity index is 1.19. The van der Waals surface area contributed by atoms with Crippen molar-refractivity contribution in [2.75, 3.05) is 55.3 Å². The van der Waals surface area contributed by atoms with Crippen LogP contribution in [-0.2, 0) is 21.2 Å². The summed E-state index contributed by atoms with van der Waals surface area (Å²) in [5.41, 5.74) is 9.51. The lowest BCUT2D eigenvalue weighted by molar-refractivity contribution is -0.118. The zero-order valence-electron chi connectivity index (χ0n) is 23.5. The number of aromatic nitrogens is 2. The van der Waals surface area contributed by atoms with Gasteiger partial charge in [-0.25, -0.2) is 23.1 Å². The fraction of sp³-hybridized carbons (Fsp3) is 0.571. The Morgan fingerprint density at radius 3 is 2.20 bits per heavy atom. The van der Waals surface area contributed by atoms with E-state index in [0.29, 0.717) is 86.6 Å². The molecule has 3 aliphatic heterocycles. The molecule has 3 fully saturated rings. The van der Waals surface area contributed by atoms with Crippen molar-refractivity contribution < 1.29 is 18.0 Å². The highest BCUT2D eigenvalue weighted by atomic mass is 32.2. The molecule has 0 aliphatic carbocycles. The van der Waals surface area contributed by atoms with Gasteiger partial charge >= 0.3 is 0 Å². The third kappa shape index (κ3) is 6.38. The van der Waals surface area contributed by atoms with E-state index >= 15 is 0 Å². The summed E-state index contributed by atoms with van der Waals surface area (Å²) in [7, 11) is -3.23. The van der Waals surface area contributed by atoms with E-state index in [1.165, 1.54) is 6.26 Å². The molecular weight excluding hydrogens is 530 g/mol. The molecule has 0 spiro atoms. The van der Waals surface area contributed by atoms with E-state index in [9.17, 15) is 18.0 Å². The number of nitrogens with zero attached hydrogens (tertiary/aromatic N) is 5. The number of fused-ring (bicyclic) bond motifs is 1. The second-order valence-corrected chi connectivity index (χ2v) is 13.3. The molecule has 2 amide bonds. The Hall–Kier alpha value is -3.25. The van der Waals surface area contributed by atoms with E-state index in [4.69, 9.17) is 15.7 Å². The zero-order valence-corrected chi connectivity index (χ0v) is 24.3. The van der Waals surface area contributed by atoms with E-state index in [1.54, 1.807) is 0 Å². The van der Waals surface area contributed by atoms with Crippen molar-refractivity contribution in [1.82, 2.24) is 19.6 Å². The minimum Gasteiger partial charge on any atom is -0.371 e. The monoisotopic (exact) mass is 569 g/mol. The van der Waals surface area contributed by atoms with Gasteiger partial charge in [-0.3, -0.25) is 9.59 Å². The molecule has 3 saturated heterocycles. The van der Waals surface area contributed by atoms with Crippen molar-refractivity contribution in [2.24, 2.45) is 17.6 Å². The first-order valence-corrected chi connectivity index (χ1v) is 15.8. The minimum absolute atomic E-state index is 0.00740. The van der Waals surface area contributed by atoms with Crippen molar-refractivity contribution in [1.29, 1.82) is 0 Å². The van der Waals surface area contributed by atoms with Gasteiger partial charge in [-0.2, -0.15) is 0 Å². The van der Waals surface area contributed by atoms with Crippen LogP contribution in [0.1, 0.15) is 46.6 Å². The summed E-state index contributed by atoms with van der Waals surface area (Å²) in [6, 6.07) is 8.22. The molecular formula is C28H39N7O4S. The molecule has 0 radical (unpaired) electrons. The van der Waals surface area contributed by atoms with Gasteiger partial charge in [-0.15, -0.1) is 0 Å². The molecule has 11 nitrogen and oxygen atoms in total. The number of carbonyl (C=O) groups excluding carboxylic acids is 2. The van der Waals surface area contributed by atoms with Gasteiger partial charge in [-0.1, -0.05) is 12.1 Å². The van der Waals surface area contributed by atoms with Crippen molar-refractivity contribution in [3.8, 4) is 0 Å². The Morgan fingerprint density at radius 2 is 1.62 bits per heavy atom. The van der Waals surface area contributed by atoms with E-state index < -0.39 is 10.0 Å². The van der Waals surface area contributed by atoms with Gasteiger partial charge in [0.1, 0.15) is 0 Å². The quantitative estimate of drug-likeness (QED) is 0.484. The number of sulfonamides is 1. The van der Waals surface area contributed by atoms with E-state index in [1.807, 2.05) is 30.9 Å². The average Bonchev–Trinajstić information content (AvgIpc) is 3.46. The van der Waals surface area contributed by atoms with Gasteiger partial charge in [-0.05, 0) is 50.8 Å². The van der Waals surface area contributed by atoms with Gasteiger partial charge in [0.15, 0.2) is 0 Å². The number of aryl methyl sites for hydroxylation is 3. The summed E-state index contributed by atoms with van der Waals surface area (Å²) >= 11 is 0. The largest absolute Gasteiger partial charge is 0.371 e. The molecule has 0 saturated carbocycles. The van der Waals surface area contributed by atoms with Gasteiger partial charge < -0.3 is 20.4 Å². The molecule has 2 atom stereocenters. The lowest BCUT2D eigenvalue weighted by Gasteiger charge is -2.32. The van der Waals surface area contributed by atoms with Crippen LogP contribution in [0, 0.1) is 25.7 Å². The smallest absolute Gasteiger partial charge is 0.257 e. The predicted molar refractivity (Wildman–Crippen MR) is 154 cm³/mol. The van der Waals surface area contributed by atoms with Gasteiger partial charge in [0, 0.05) is 69.3 Å². The van der Waals surface area contributed by atoms with Crippen LogP contribution in [0.5, 0.6) is 0 Å². The summed E-state index contributed by atoms with van der Waals surface area (Å²) in [6.45, 7) is 8.25. The molecule has 1 aromatic carbocycles. The van der Waals surface area contributed by atoms with Crippen LogP contribution in [0.4, 0.5) is 11.6 Å². The van der Waals surface area contributed by atoms with Crippen LogP contribution in [0.3, 0.4) is 0 Å². The minimum atomic E-state index is -3.23. The summed E-state index contributed by atoms with van der Waals surface area (Å²) in [6.07, 6.45) is 3.53. The van der Waals surface area contributed by atoms with E-state index in [2.05, 4.69) is 26.7 Å².